The maximum atomic E-state index is 13.3. The highest BCUT2D eigenvalue weighted by Gasteiger charge is 2.27. The molecule has 198 valence electrons. The summed E-state index contributed by atoms with van der Waals surface area (Å²) < 4.78 is 18.7. The summed E-state index contributed by atoms with van der Waals surface area (Å²) in [5.41, 5.74) is 1.77. The smallest absolute Gasteiger partial charge is 0.309 e. The van der Waals surface area contributed by atoms with E-state index in [-0.39, 0.29) is 49.8 Å². The zero-order chi connectivity index (χ0) is 26.6. The van der Waals surface area contributed by atoms with Crippen molar-refractivity contribution >= 4 is 17.8 Å². The average molecular weight is 511 g/mol. The fraction of sp³-hybridized carbons (Fsp3) is 0.414. The van der Waals surface area contributed by atoms with Gasteiger partial charge in [0.05, 0.1) is 24.5 Å². The Kier molecular flexibility index (Phi) is 10.8. The molecule has 2 aromatic carbocycles. The number of aliphatic hydroxyl groups is 1. The molecule has 3 rings (SSSR count). The molecule has 8 heteroatoms. The molecule has 1 aliphatic rings. The molecule has 0 spiro atoms. The second-order valence-corrected chi connectivity index (χ2v) is 9.44. The normalized spacial score (nSPS) is 21.6. The van der Waals surface area contributed by atoms with Gasteiger partial charge in [0.25, 0.3) is 0 Å². The largest absolute Gasteiger partial charge is 0.463 e. The van der Waals surface area contributed by atoms with Crippen LogP contribution < -0.4 is 5.32 Å². The standard InChI is InChI=1S/C29H35FN2O5/c1-21-20-37-29(36)25(17-22-11-13-26(30)14-12-22)10-6-5-9-24(28(35)31-21)18-27(34)32(15-16-33)19-23-7-3-2-4-8-23/h2-8,11-14,21,24-25,33H,9-10,15-20H2,1H3,(H,31,35)/b6-5-/t21-,24+,25-/m0/s1. The number of cyclic esters (lactones) is 1. The van der Waals surface area contributed by atoms with Gasteiger partial charge in [0.2, 0.25) is 11.8 Å². The third-order valence-electron chi connectivity index (χ3n) is 6.33. The predicted molar refractivity (Wildman–Crippen MR) is 138 cm³/mol. The molecular weight excluding hydrogens is 475 g/mol. The maximum Gasteiger partial charge on any atom is 0.309 e. The van der Waals surface area contributed by atoms with Crippen LogP contribution in [0.3, 0.4) is 0 Å². The Morgan fingerprint density at radius 3 is 2.38 bits per heavy atom. The van der Waals surface area contributed by atoms with Crippen molar-refractivity contribution in [1.29, 1.82) is 0 Å². The number of allylic oxidation sites excluding steroid dienone is 2. The molecule has 3 atom stereocenters. The SMILES string of the molecule is C[C@H]1COC(=O)[C@H](Cc2ccc(F)cc2)C/C=C\C[C@H](CC(=O)N(CCO)Cc2ccccc2)C(=O)N1. The number of carbonyl (C=O) groups is 3. The number of aliphatic hydroxyl groups excluding tert-OH is 1. The Bertz CT molecular complexity index is 1060. The third kappa shape index (κ3) is 9.13. The van der Waals surface area contributed by atoms with E-state index in [1.54, 1.807) is 24.0 Å². The number of carbonyl (C=O) groups excluding carboxylic acids is 3. The molecule has 0 radical (unpaired) electrons. The van der Waals surface area contributed by atoms with Crippen molar-refractivity contribution in [2.24, 2.45) is 11.8 Å². The van der Waals surface area contributed by atoms with Gasteiger partial charge in [-0.05, 0) is 49.4 Å². The van der Waals surface area contributed by atoms with Crippen LogP contribution in [-0.4, -0.2) is 53.6 Å². The Hall–Kier alpha value is -3.52. The molecule has 0 saturated carbocycles. The second-order valence-electron chi connectivity index (χ2n) is 9.44. The number of benzene rings is 2. The molecule has 2 N–H and O–H groups in total. The Morgan fingerprint density at radius 2 is 1.70 bits per heavy atom. The number of esters is 1. The molecule has 0 fully saturated rings. The average Bonchev–Trinajstić information content (AvgIpc) is 2.89. The van der Waals surface area contributed by atoms with E-state index in [4.69, 9.17) is 4.74 Å². The monoisotopic (exact) mass is 510 g/mol. The lowest BCUT2D eigenvalue weighted by atomic mass is 9.94. The van der Waals surface area contributed by atoms with Crippen molar-refractivity contribution < 1.29 is 28.6 Å². The van der Waals surface area contributed by atoms with Crippen molar-refractivity contribution in [3.05, 3.63) is 83.7 Å². The zero-order valence-corrected chi connectivity index (χ0v) is 21.1. The minimum absolute atomic E-state index is 0.00543. The van der Waals surface area contributed by atoms with E-state index in [0.29, 0.717) is 25.8 Å². The molecule has 1 aliphatic heterocycles. The van der Waals surface area contributed by atoms with Gasteiger partial charge in [0.15, 0.2) is 0 Å². The number of rotatable bonds is 8. The highest BCUT2D eigenvalue weighted by molar-refractivity contribution is 5.86. The van der Waals surface area contributed by atoms with Gasteiger partial charge in [-0.3, -0.25) is 14.4 Å². The lowest BCUT2D eigenvalue weighted by molar-refractivity contribution is -0.149. The Labute approximate surface area is 217 Å². The van der Waals surface area contributed by atoms with Crippen LogP contribution >= 0.6 is 0 Å². The van der Waals surface area contributed by atoms with E-state index in [2.05, 4.69) is 5.32 Å². The maximum absolute atomic E-state index is 13.3. The van der Waals surface area contributed by atoms with Gasteiger partial charge >= 0.3 is 5.97 Å². The topological polar surface area (TPSA) is 95.9 Å². The van der Waals surface area contributed by atoms with E-state index in [1.807, 2.05) is 42.5 Å². The summed E-state index contributed by atoms with van der Waals surface area (Å²) in [6.45, 7) is 2.11. The van der Waals surface area contributed by atoms with Gasteiger partial charge in [0, 0.05) is 19.5 Å². The van der Waals surface area contributed by atoms with Crippen LogP contribution in [0.4, 0.5) is 4.39 Å². The first-order valence-corrected chi connectivity index (χ1v) is 12.6. The van der Waals surface area contributed by atoms with Crippen LogP contribution in [0.5, 0.6) is 0 Å². The number of hydrogen-bond donors (Lipinski definition) is 2. The molecule has 2 amide bonds. The first kappa shape index (κ1) is 28.1. The summed E-state index contributed by atoms with van der Waals surface area (Å²) in [4.78, 5) is 40.4. The molecular formula is C29H35FN2O5. The molecule has 1 heterocycles. The van der Waals surface area contributed by atoms with Gasteiger partial charge in [-0.1, -0.05) is 54.6 Å². The minimum Gasteiger partial charge on any atom is -0.463 e. The molecule has 0 aromatic heterocycles. The van der Waals surface area contributed by atoms with Crippen molar-refractivity contribution in [2.75, 3.05) is 19.8 Å². The highest BCUT2D eigenvalue weighted by atomic mass is 19.1. The summed E-state index contributed by atoms with van der Waals surface area (Å²) in [6, 6.07) is 15.1. The van der Waals surface area contributed by atoms with Gasteiger partial charge in [0.1, 0.15) is 12.4 Å². The minimum atomic E-state index is -0.603. The number of ether oxygens (including phenoxy) is 1. The second kappa shape index (κ2) is 14.3. The quantitative estimate of drug-likeness (QED) is 0.419. The molecule has 37 heavy (non-hydrogen) atoms. The van der Waals surface area contributed by atoms with Crippen molar-refractivity contribution in [1.82, 2.24) is 10.2 Å². The summed E-state index contributed by atoms with van der Waals surface area (Å²) >= 11 is 0. The van der Waals surface area contributed by atoms with Gasteiger partial charge in [-0.15, -0.1) is 0 Å². The number of halogens is 1. The highest BCUT2D eigenvalue weighted by Crippen LogP contribution is 2.19. The van der Waals surface area contributed by atoms with E-state index in [9.17, 15) is 23.9 Å². The Morgan fingerprint density at radius 1 is 1.03 bits per heavy atom. The summed E-state index contributed by atoms with van der Waals surface area (Å²) in [5.74, 6) is -2.26. The van der Waals surface area contributed by atoms with E-state index >= 15 is 0 Å². The van der Waals surface area contributed by atoms with E-state index < -0.39 is 17.9 Å². The summed E-state index contributed by atoms with van der Waals surface area (Å²) in [7, 11) is 0. The van der Waals surface area contributed by atoms with Crippen LogP contribution in [0.2, 0.25) is 0 Å². The number of nitrogens with one attached hydrogen (secondary N) is 1. The van der Waals surface area contributed by atoms with Crippen LogP contribution in [0.15, 0.2) is 66.7 Å². The van der Waals surface area contributed by atoms with E-state index in [1.165, 1.54) is 12.1 Å². The predicted octanol–water partition coefficient (Wildman–Crippen LogP) is 3.41. The molecule has 7 nitrogen and oxygen atoms in total. The Balaban J connectivity index is 1.70. The molecule has 0 saturated heterocycles. The fourth-order valence-corrected chi connectivity index (χ4v) is 4.26. The van der Waals surface area contributed by atoms with Crippen molar-refractivity contribution in [3.63, 3.8) is 0 Å². The zero-order valence-electron chi connectivity index (χ0n) is 21.1. The van der Waals surface area contributed by atoms with Gasteiger partial charge in [-0.2, -0.15) is 0 Å². The van der Waals surface area contributed by atoms with Gasteiger partial charge in [-0.25, -0.2) is 4.39 Å². The summed E-state index contributed by atoms with van der Waals surface area (Å²) in [6.07, 6.45) is 4.79. The first-order valence-electron chi connectivity index (χ1n) is 12.6. The third-order valence-corrected chi connectivity index (χ3v) is 6.33. The molecule has 2 aromatic rings. The number of nitrogens with zero attached hydrogens (tertiary/aromatic N) is 1. The van der Waals surface area contributed by atoms with E-state index in [0.717, 1.165) is 11.1 Å². The lowest BCUT2D eigenvalue weighted by Crippen LogP contribution is -2.43. The number of hydrogen-bond acceptors (Lipinski definition) is 5. The fourth-order valence-electron chi connectivity index (χ4n) is 4.26. The van der Waals surface area contributed by atoms with Crippen molar-refractivity contribution in [3.8, 4) is 0 Å². The molecule has 0 aliphatic carbocycles. The molecule has 0 unspecified atom stereocenters. The first-order chi connectivity index (χ1) is 17.9. The van der Waals surface area contributed by atoms with Crippen LogP contribution in [0, 0.1) is 17.7 Å². The lowest BCUT2D eigenvalue weighted by Gasteiger charge is -2.25. The molecule has 0 bridgehead atoms. The van der Waals surface area contributed by atoms with Crippen LogP contribution in [0.25, 0.3) is 0 Å². The van der Waals surface area contributed by atoms with Gasteiger partial charge < -0.3 is 20.1 Å². The number of amides is 2. The van der Waals surface area contributed by atoms with Crippen LogP contribution in [0.1, 0.15) is 37.3 Å². The van der Waals surface area contributed by atoms with Crippen LogP contribution in [-0.2, 0) is 32.1 Å². The van der Waals surface area contributed by atoms with Crippen molar-refractivity contribution in [2.45, 2.75) is 45.2 Å². The summed E-state index contributed by atoms with van der Waals surface area (Å²) in [5, 5.41) is 12.3.